The van der Waals surface area contributed by atoms with Crippen molar-refractivity contribution < 1.29 is 18.0 Å². The molecular weight excluding hydrogens is 457 g/mol. The molecule has 0 bridgehead atoms. The molecule has 0 saturated carbocycles. The summed E-state index contributed by atoms with van der Waals surface area (Å²) in [5, 5.41) is 5.28. The molecule has 7 nitrogen and oxygen atoms in total. The summed E-state index contributed by atoms with van der Waals surface area (Å²) < 4.78 is 26.3. The summed E-state index contributed by atoms with van der Waals surface area (Å²) in [5.74, 6) is -0.798. The Hall–Kier alpha value is -2.14. The van der Waals surface area contributed by atoms with E-state index in [9.17, 15) is 18.0 Å². The fourth-order valence-electron chi connectivity index (χ4n) is 2.07. The van der Waals surface area contributed by atoms with Gasteiger partial charge in [0.05, 0.1) is 17.5 Å². The molecular formula is C16H16IN3O4S. The van der Waals surface area contributed by atoms with Crippen LogP contribution in [0.25, 0.3) is 0 Å². The molecule has 0 atom stereocenters. The number of hydrogen-bond donors (Lipinski definition) is 3. The van der Waals surface area contributed by atoms with Crippen LogP contribution in [-0.2, 0) is 14.8 Å². The number of hydrogen-bond acceptors (Lipinski definition) is 4. The number of sulfonamides is 1. The Kier molecular flexibility index (Phi) is 6.01. The normalized spacial score (nSPS) is 10.8. The highest BCUT2D eigenvalue weighted by atomic mass is 127. The predicted octanol–water partition coefficient (Wildman–Crippen LogP) is 2.87. The van der Waals surface area contributed by atoms with Crippen LogP contribution in [0.15, 0.2) is 42.5 Å². The van der Waals surface area contributed by atoms with Gasteiger partial charge in [-0.2, -0.15) is 0 Å². The third kappa shape index (κ3) is 6.02. The van der Waals surface area contributed by atoms with Crippen LogP contribution in [0.5, 0.6) is 0 Å². The molecule has 0 fully saturated rings. The van der Waals surface area contributed by atoms with E-state index in [1.807, 2.05) is 6.07 Å². The van der Waals surface area contributed by atoms with Crippen LogP contribution in [0.1, 0.15) is 17.3 Å². The molecule has 0 aromatic heterocycles. The van der Waals surface area contributed by atoms with Crippen molar-refractivity contribution in [2.45, 2.75) is 6.92 Å². The first kappa shape index (κ1) is 19.2. The Bertz CT molecular complexity index is 929. The second-order valence-electron chi connectivity index (χ2n) is 5.28. The molecule has 0 unspecified atom stereocenters. The molecule has 0 aliphatic heterocycles. The van der Waals surface area contributed by atoms with Crippen LogP contribution >= 0.6 is 22.6 Å². The molecule has 2 aromatic carbocycles. The molecule has 0 spiro atoms. The van der Waals surface area contributed by atoms with E-state index in [1.54, 1.807) is 18.2 Å². The van der Waals surface area contributed by atoms with Crippen molar-refractivity contribution >= 4 is 61.5 Å². The summed E-state index contributed by atoms with van der Waals surface area (Å²) in [6.45, 7) is 1.34. The van der Waals surface area contributed by atoms with E-state index < -0.39 is 15.9 Å². The summed E-state index contributed by atoms with van der Waals surface area (Å²) in [4.78, 5) is 23.8. The van der Waals surface area contributed by atoms with Crippen molar-refractivity contribution in [2.24, 2.45) is 0 Å². The molecule has 0 radical (unpaired) electrons. The summed E-state index contributed by atoms with van der Waals surface area (Å²) in [7, 11) is -3.57. The van der Waals surface area contributed by atoms with E-state index >= 15 is 0 Å². The molecule has 9 heteroatoms. The number of halogens is 1. The number of carbonyl (C=O) groups is 2. The fraction of sp³-hybridized carbons (Fsp3) is 0.125. The Balaban J connectivity index is 2.39. The number of benzene rings is 2. The van der Waals surface area contributed by atoms with E-state index in [0.29, 0.717) is 11.4 Å². The third-order valence-corrected chi connectivity index (χ3v) is 4.22. The van der Waals surface area contributed by atoms with Gasteiger partial charge in [0.15, 0.2) is 0 Å². The van der Waals surface area contributed by atoms with Crippen LogP contribution in [0.4, 0.5) is 17.1 Å². The largest absolute Gasteiger partial charge is 0.326 e. The summed E-state index contributed by atoms with van der Waals surface area (Å²) in [6, 6.07) is 11.5. The van der Waals surface area contributed by atoms with Crippen LogP contribution in [0.3, 0.4) is 0 Å². The number of nitrogens with one attached hydrogen (secondary N) is 3. The second kappa shape index (κ2) is 7.83. The van der Waals surface area contributed by atoms with Gasteiger partial charge in [0.25, 0.3) is 5.91 Å². The van der Waals surface area contributed by atoms with Crippen LogP contribution in [0, 0.1) is 3.57 Å². The first-order chi connectivity index (χ1) is 11.6. The third-order valence-electron chi connectivity index (χ3n) is 2.96. The van der Waals surface area contributed by atoms with Gasteiger partial charge in [-0.3, -0.25) is 14.3 Å². The fourth-order valence-corrected chi connectivity index (χ4v) is 3.19. The molecule has 0 heterocycles. The van der Waals surface area contributed by atoms with Gasteiger partial charge >= 0.3 is 0 Å². The lowest BCUT2D eigenvalue weighted by Gasteiger charge is -2.13. The molecule has 0 aliphatic carbocycles. The van der Waals surface area contributed by atoms with Gasteiger partial charge in [-0.25, -0.2) is 8.42 Å². The highest BCUT2D eigenvalue weighted by molar-refractivity contribution is 14.1. The molecule has 3 N–H and O–H groups in total. The quantitative estimate of drug-likeness (QED) is 0.581. The smallest absolute Gasteiger partial charge is 0.257 e. The topological polar surface area (TPSA) is 104 Å². The Morgan fingerprint density at radius 2 is 1.68 bits per heavy atom. The van der Waals surface area contributed by atoms with Crippen molar-refractivity contribution in [3.05, 3.63) is 51.6 Å². The highest BCUT2D eigenvalue weighted by Crippen LogP contribution is 2.23. The molecule has 0 saturated heterocycles. The van der Waals surface area contributed by atoms with E-state index in [0.717, 1.165) is 9.83 Å². The van der Waals surface area contributed by atoms with Gasteiger partial charge < -0.3 is 10.6 Å². The van der Waals surface area contributed by atoms with Crippen molar-refractivity contribution in [3.63, 3.8) is 0 Å². The Morgan fingerprint density at radius 3 is 2.28 bits per heavy atom. The van der Waals surface area contributed by atoms with Crippen molar-refractivity contribution in [1.29, 1.82) is 0 Å². The molecule has 2 aromatic rings. The van der Waals surface area contributed by atoms with E-state index in [1.165, 1.54) is 25.1 Å². The van der Waals surface area contributed by atoms with Crippen LogP contribution in [0.2, 0.25) is 0 Å². The SMILES string of the molecule is CC(=O)Nc1ccc(NS(C)(=O)=O)c(C(=O)Nc2cccc(I)c2)c1. The van der Waals surface area contributed by atoms with Gasteiger partial charge in [-0.15, -0.1) is 0 Å². The highest BCUT2D eigenvalue weighted by Gasteiger charge is 2.16. The van der Waals surface area contributed by atoms with Gasteiger partial charge in [0, 0.05) is 21.9 Å². The predicted molar refractivity (Wildman–Crippen MR) is 106 cm³/mol. The van der Waals surface area contributed by atoms with Crippen molar-refractivity contribution in [1.82, 2.24) is 0 Å². The van der Waals surface area contributed by atoms with Gasteiger partial charge in [-0.05, 0) is 59.0 Å². The first-order valence-electron chi connectivity index (χ1n) is 7.10. The minimum Gasteiger partial charge on any atom is -0.326 e. The van der Waals surface area contributed by atoms with E-state index in [-0.39, 0.29) is 17.2 Å². The lowest BCUT2D eigenvalue weighted by Crippen LogP contribution is -2.18. The average Bonchev–Trinajstić information content (AvgIpc) is 2.46. The number of anilines is 3. The Morgan fingerprint density at radius 1 is 1.00 bits per heavy atom. The maximum atomic E-state index is 12.6. The molecule has 2 rings (SSSR count). The van der Waals surface area contributed by atoms with Crippen LogP contribution < -0.4 is 15.4 Å². The minimum atomic E-state index is -3.57. The summed E-state index contributed by atoms with van der Waals surface area (Å²) in [5.41, 5.74) is 1.18. The van der Waals surface area contributed by atoms with Crippen molar-refractivity contribution in [3.8, 4) is 0 Å². The number of carbonyl (C=O) groups excluding carboxylic acids is 2. The Labute approximate surface area is 159 Å². The average molecular weight is 473 g/mol. The maximum Gasteiger partial charge on any atom is 0.257 e. The lowest BCUT2D eigenvalue weighted by atomic mass is 10.1. The zero-order valence-electron chi connectivity index (χ0n) is 13.5. The molecule has 0 aliphatic rings. The van der Waals surface area contributed by atoms with Crippen LogP contribution in [-0.4, -0.2) is 26.5 Å². The minimum absolute atomic E-state index is 0.0931. The molecule has 2 amide bonds. The first-order valence-corrected chi connectivity index (χ1v) is 10.1. The number of amides is 2. The summed E-state index contributed by atoms with van der Waals surface area (Å²) in [6.07, 6.45) is 0.996. The van der Waals surface area contributed by atoms with Gasteiger partial charge in [0.1, 0.15) is 0 Å². The van der Waals surface area contributed by atoms with Gasteiger partial charge in [-0.1, -0.05) is 6.07 Å². The zero-order chi connectivity index (χ0) is 18.6. The maximum absolute atomic E-state index is 12.6. The monoisotopic (exact) mass is 473 g/mol. The number of rotatable bonds is 5. The molecule has 132 valence electrons. The zero-order valence-corrected chi connectivity index (χ0v) is 16.4. The van der Waals surface area contributed by atoms with Crippen molar-refractivity contribution in [2.75, 3.05) is 21.6 Å². The summed E-state index contributed by atoms with van der Waals surface area (Å²) >= 11 is 2.12. The second-order valence-corrected chi connectivity index (χ2v) is 8.27. The van der Waals surface area contributed by atoms with E-state index in [4.69, 9.17) is 0 Å². The molecule has 25 heavy (non-hydrogen) atoms. The van der Waals surface area contributed by atoms with Gasteiger partial charge in [0.2, 0.25) is 15.9 Å². The standard InChI is InChI=1S/C16H16IN3O4S/c1-10(21)18-13-6-7-15(20-25(2,23)24)14(9-13)16(22)19-12-5-3-4-11(17)8-12/h3-9,20H,1-2H3,(H,18,21)(H,19,22). The lowest BCUT2D eigenvalue weighted by molar-refractivity contribution is -0.114. The van der Waals surface area contributed by atoms with E-state index in [2.05, 4.69) is 37.9 Å².